The van der Waals surface area contributed by atoms with Crippen LogP contribution in [0.15, 0.2) is 34.7 Å². The van der Waals surface area contributed by atoms with Crippen LogP contribution in [0, 0.1) is 13.8 Å². The third kappa shape index (κ3) is 3.68. The van der Waals surface area contributed by atoms with Gasteiger partial charge in [-0.25, -0.2) is 4.79 Å². The van der Waals surface area contributed by atoms with Crippen LogP contribution in [0.5, 0.6) is 0 Å². The Labute approximate surface area is 147 Å². The van der Waals surface area contributed by atoms with Crippen LogP contribution in [0.4, 0.5) is 4.79 Å². The summed E-state index contributed by atoms with van der Waals surface area (Å²) in [5.74, 6) is 0.869. The van der Waals surface area contributed by atoms with Gasteiger partial charge in [-0.2, -0.15) is 5.10 Å². The Kier molecular flexibility index (Phi) is 4.79. The van der Waals surface area contributed by atoms with E-state index in [4.69, 9.17) is 4.42 Å². The predicted octanol–water partition coefficient (Wildman–Crippen LogP) is 3.39. The highest BCUT2D eigenvalue weighted by Gasteiger charge is 2.17. The molecule has 0 aliphatic carbocycles. The smallest absolute Gasteiger partial charge is 0.315 e. The van der Waals surface area contributed by atoms with Crippen LogP contribution in [0.2, 0.25) is 0 Å². The number of hydrogen-bond donors (Lipinski definition) is 2. The topological polar surface area (TPSA) is 72.1 Å². The molecule has 1 atom stereocenters. The van der Waals surface area contributed by atoms with Crippen molar-refractivity contribution in [3.05, 3.63) is 53.0 Å². The number of amides is 2. The van der Waals surface area contributed by atoms with E-state index in [0.717, 1.165) is 33.7 Å². The van der Waals surface area contributed by atoms with Crippen LogP contribution < -0.4 is 10.6 Å². The highest BCUT2D eigenvalue weighted by Crippen LogP contribution is 2.21. The van der Waals surface area contributed by atoms with Crippen LogP contribution in [-0.2, 0) is 13.5 Å². The van der Waals surface area contributed by atoms with Crippen molar-refractivity contribution in [3.63, 3.8) is 0 Å². The van der Waals surface area contributed by atoms with E-state index in [9.17, 15) is 4.79 Å². The Hall–Kier alpha value is -2.76. The molecule has 3 rings (SSSR count). The van der Waals surface area contributed by atoms with Gasteiger partial charge < -0.3 is 15.1 Å². The number of rotatable bonds is 5. The van der Waals surface area contributed by atoms with Crippen molar-refractivity contribution in [2.45, 2.75) is 33.2 Å². The van der Waals surface area contributed by atoms with Crippen LogP contribution in [0.25, 0.3) is 11.0 Å². The average molecular weight is 340 g/mol. The fraction of sp³-hybridized carbons (Fsp3) is 0.368. The lowest BCUT2D eigenvalue weighted by molar-refractivity contribution is 0.238. The van der Waals surface area contributed by atoms with Crippen molar-refractivity contribution < 1.29 is 9.21 Å². The van der Waals surface area contributed by atoms with Crippen molar-refractivity contribution in [1.82, 2.24) is 20.4 Å². The summed E-state index contributed by atoms with van der Waals surface area (Å²) in [5, 5.41) is 11.3. The van der Waals surface area contributed by atoms with Gasteiger partial charge in [0.2, 0.25) is 0 Å². The zero-order valence-electron chi connectivity index (χ0n) is 15.1. The molecule has 3 aromatic rings. The molecule has 0 radical (unpaired) electrons. The molecular formula is C19H24N4O2. The standard InChI is InChI=1S/C19H24N4O2/c1-12(18-13(2)22-23(4)14(18)3)21-19(24)20-10-9-16-11-15-7-5-6-8-17(15)25-16/h5-8,11-12H,9-10H2,1-4H3,(H2,20,21,24)/t12-/m0/s1. The summed E-state index contributed by atoms with van der Waals surface area (Å²) in [6, 6.07) is 9.62. The molecule has 0 fully saturated rings. The summed E-state index contributed by atoms with van der Waals surface area (Å²) in [6.45, 7) is 6.45. The van der Waals surface area contributed by atoms with Crippen LogP contribution in [-0.4, -0.2) is 22.4 Å². The number of furan rings is 1. The van der Waals surface area contributed by atoms with Gasteiger partial charge in [0.15, 0.2) is 0 Å². The predicted molar refractivity (Wildman–Crippen MR) is 97.5 cm³/mol. The van der Waals surface area contributed by atoms with Gasteiger partial charge in [-0.1, -0.05) is 18.2 Å². The van der Waals surface area contributed by atoms with E-state index in [-0.39, 0.29) is 12.1 Å². The van der Waals surface area contributed by atoms with E-state index in [1.807, 2.05) is 62.8 Å². The number of nitrogens with one attached hydrogen (secondary N) is 2. The van der Waals surface area contributed by atoms with Crippen molar-refractivity contribution >= 4 is 17.0 Å². The van der Waals surface area contributed by atoms with Gasteiger partial charge in [0, 0.05) is 36.7 Å². The molecule has 2 heterocycles. The zero-order valence-corrected chi connectivity index (χ0v) is 15.1. The summed E-state index contributed by atoms with van der Waals surface area (Å²) < 4.78 is 7.59. The molecule has 0 aliphatic heterocycles. The molecule has 6 nitrogen and oxygen atoms in total. The number of aromatic nitrogens is 2. The molecule has 0 saturated heterocycles. The number of urea groups is 1. The van der Waals surface area contributed by atoms with E-state index in [1.165, 1.54) is 0 Å². The average Bonchev–Trinajstić information content (AvgIpc) is 3.07. The monoisotopic (exact) mass is 340 g/mol. The third-order valence-electron chi connectivity index (χ3n) is 4.48. The molecule has 0 bridgehead atoms. The van der Waals surface area contributed by atoms with Crippen molar-refractivity contribution in [2.75, 3.05) is 6.54 Å². The lowest BCUT2D eigenvalue weighted by Crippen LogP contribution is -2.38. The maximum atomic E-state index is 12.1. The van der Waals surface area contributed by atoms with Crippen molar-refractivity contribution in [1.29, 1.82) is 0 Å². The number of para-hydroxylation sites is 1. The summed E-state index contributed by atoms with van der Waals surface area (Å²) in [6.07, 6.45) is 0.654. The van der Waals surface area contributed by atoms with Crippen molar-refractivity contribution in [2.24, 2.45) is 7.05 Å². The van der Waals surface area contributed by atoms with Crippen LogP contribution in [0.1, 0.15) is 35.7 Å². The van der Waals surface area contributed by atoms with E-state index in [0.29, 0.717) is 13.0 Å². The molecule has 25 heavy (non-hydrogen) atoms. The van der Waals surface area contributed by atoms with Gasteiger partial charge in [-0.05, 0) is 32.9 Å². The molecule has 0 saturated carbocycles. The number of fused-ring (bicyclic) bond motifs is 1. The molecular weight excluding hydrogens is 316 g/mol. The lowest BCUT2D eigenvalue weighted by Gasteiger charge is -2.15. The van der Waals surface area contributed by atoms with Gasteiger partial charge in [0.1, 0.15) is 11.3 Å². The van der Waals surface area contributed by atoms with Gasteiger partial charge in [0.25, 0.3) is 0 Å². The third-order valence-corrected chi connectivity index (χ3v) is 4.48. The summed E-state index contributed by atoms with van der Waals surface area (Å²) >= 11 is 0. The number of benzene rings is 1. The second-order valence-electron chi connectivity index (χ2n) is 6.33. The van der Waals surface area contributed by atoms with Crippen LogP contribution in [0.3, 0.4) is 0 Å². The first-order valence-electron chi connectivity index (χ1n) is 8.47. The lowest BCUT2D eigenvalue weighted by atomic mass is 10.1. The number of carbonyl (C=O) groups is 1. The molecule has 1 aromatic carbocycles. The van der Waals surface area contributed by atoms with E-state index in [1.54, 1.807) is 0 Å². The van der Waals surface area contributed by atoms with Gasteiger partial charge in [0.05, 0.1) is 11.7 Å². The first-order chi connectivity index (χ1) is 12.0. The first kappa shape index (κ1) is 17.1. The highest BCUT2D eigenvalue weighted by molar-refractivity contribution is 5.77. The Bertz CT molecular complexity index is 861. The molecule has 0 spiro atoms. The van der Waals surface area contributed by atoms with E-state index < -0.39 is 0 Å². The Balaban J connectivity index is 1.52. The SMILES string of the molecule is Cc1nn(C)c(C)c1[C@H](C)NC(=O)NCCc1cc2ccccc2o1. The second-order valence-corrected chi connectivity index (χ2v) is 6.33. The molecule has 2 N–H and O–H groups in total. The number of carbonyl (C=O) groups excluding carboxylic acids is 1. The summed E-state index contributed by atoms with van der Waals surface area (Å²) in [4.78, 5) is 12.1. The summed E-state index contributed by atoms with van der Waals surface area (Å²) in [7, 11) is 1.91. The molecule has 0 aliphatic rings. The quantitative estimate of drug-likeness (QED) is 0.748. The minimum absolute atomic E-state index is 0.0973. The largest absolute Gasteiger partial charge is 0.461 e. The second kappa shape index (κ2) is 7.01. The van der Waals surface area contributed by atoms with E-state index >= 15 is 0 Å². The number of hydrogen-bond acceptors (Lipinski definition) is 3. The zero-order chi connectivity index (χ0) is 18.0. The maximum absolute atomic E-state index is 12.1. The highest BCUT2D eigenvalue weighted by atomic mass is 16.3. The number of nitrogens with zero attached hydrogens (tertiary/aromatic N) is 2. The molecule has 132 valence electrons. The molecule has 0 unspecified atom stereocenters. The molecule has 6 heteroatoms. The molecule has 2 amide bonds. The minimum Gasteiger partial charge on any atom is -0.461 e. The molecule has 2 aromatic heterocycles. The number of aryl methyl sites for hydroxylation is 2. The maximum Gasteiger partial charge on any atom is 0.315 e. The van der Waals surface area contributed by atoms with E-state index in [2.05, 4.69) is 15.7 Å². The summed E-state index contributed by atoms with van der Waals surface area (Å²) in [5.41, 5.74) is 3.94. The normalized spacial score (nSPS) is 12.3. The van der Waals surface area contributed by atoms with Crippen molar-refractivity contribution in [3.8, 4) is 0 Å². The van der Waals surface area contributed by atoms with Gasteiger partial charge in [-0.15, -0.1) is 0 Å². The Morgan fingerprint density at radius 1 is 1.32 bits per heavy atom. The minimum atomic E-state index is -0.189. The van der Waals surface area contributed by atoms with Gasteiger partial charge in [-0.3, -0.25) is 4.68 Å². The van der Waals surface area contributed by atoms with Crippen LogP contribution >= 0.6 is 0 Å². The Morgan fingerprint density at radius 2 is 2.08 bits per heavy atom. The Morgan fingerprint density at radius 3 is 2.76 bits per heavy atom. The fourth-order valence-corrected chi connectivity index (χ4v) is 3.20. The van der Waals surface area contributed by atoms with Gasteiger partial charge >= 0.3 is 6.03 Å². The fourth-order valence-electron chi connectivity index (χ4n) is 3.20. The first-order valence-corrected chi connectivity index (χ1v) is 8.47.